The molecular weight excluding hydrogens is 403 g/mol. The Kier molecular flexibility index (Phi) is 5.13. The Bertz CT molecular complexity index is 1090. The normalized spacial score (nSPS) is 13.3. The quantitative estimate of drug-likeness (QED) is 0.445. The summed E-state index contributed by atoms with van der Waals surface area (Å²) in [5, 5.41) is 0. The van der Waals surface area contributed by atoms with Gasteiger partial charge in [-0.15, -0.1) is 0 Å². The monoisotopic (exact) mass is 420 g/mol. The molecule has 0 unspecified atom stereocenters. The molecule has 1 aliphatic carbocycles. The molecular formula is C23H17F5O2. The lowest BCUT2D eigenvalue weighted by Gasteiger charge is -2.20. The van der Waals surface area contributed by atoms with Gasteiger partial charge in [-0.3, -0.25) is 0 Å². The number of benzene rings is 3. The Balaban J connectivity index is 1.62. The maximum Gasteiger partial charge on any atom is 0.429 e. The van der Waals surface area contributed by atoms with Crippen LogP contribution in [0.15, 0.2) is 48.5 Å². The molecule has 3 aromatic carbocycles. The number of alkyl halides is 2. The van der Waals surface area contributed by atoms with Crippen LogP contribution < -0.4 is 9.47 Å². The van der Waals surface area contributed by atoms with Gasteiger partial charge in [-0.1, -0.05) is 24.3 Å². The molecule has 0 radical (unpaired) electrons. The Labute approximate surface area is 169 Å². The Hall–Kier alpha value is -3.09. The largest absolute Gasteiger partial charge is 0.491 e. The lowest BCUT2D eigenvalue weighted by Crippen LogP contribution is -2.23. The molecule has 0 aliphatic heterocycles. The minimum Gasteiger partial charge on any atom is -0.491 e. The molecule has 1 aliphatic rings. The summed E-state index contributed by atoms with van der Waals surface area (Å²) in [4.78, 5) is 0. The van der Waals surface area contributed by atoms with Crippen molar-refractivity contribution >= 4 is 0 Å². The molecule has 0 aromatic heterocycles. The van der Waals surface area contributed by atoms with E-state index in [0.29, 0.717) is 17.7 Å². The Morgan fingerprint density at radius 1 is 0.767 bits per heavy atom. The summed E-state index contributed by atoms with van der Waals surface area (Å²) in [7, 11) is 1.04. The first-order valence-corrected chi connectivity index (χ1v) is 9.30. The summed E-state index contributed by atoms with van der Waals surface area (Å²) in [6.07, 6.45) is -1.15. The summed E-state index contributed by atoms with van der Waals surface area (Å²) < 4.78 is 80.0. The van der Waals surface area contributed by atoms with E-state index in [-0.39, 0.29) is 0 Å². The summed E-state index contributed by atoms with van der Waals surface area (Å²) in [5.41, 5.74) is 2.56. The van der Waals surface area contributed by atoms with Gasteiger partial charge in [0.15, 0.2) is 17.4 Å². The second kappa shape index (κ2) is 7.63. The average molecular weight is 420 g/mol. The molecule has 0 N–H and O–H groups in total. The summed E-state index contributed by atoms with van der Waals surface area (Å²) >= 11 is 0. The molecule has 0 amide bonds. The molecule has 2 nitrogen and oxygen atoms in total. The van der Waals surface area contributed by atoms with Gasteiger partial charge in [0.05, 0.1) is 12.7 Å². The molecule has 0 fully saturated rings. The number of aryl methyl sites for hydroxylation is 2. The molecule has 0 atom stereocenters. The number of ether oxygens (including phenoxy) is 2. The standard InChI is InChI=1S/C23H17F5O2/c1-29-22-20(25)11-17(12-21(22)26)30-23(27,28)18-8-7-16(10-19(18)24)15-6-5-13-3-2-4-14(13)9-15/h5-12H,2-4H2,1H3. The van der Waals surface area contributed by atoms with Gasteiger partial charge in [0, 0.05) is 12.1 Å². The van der Waals surface area contributed by atoms with Crippen LogP contribution in [0.4, 0.5) is 22.0 Å². The molecule has 30 heavy (non-hydrogen) atoms. The van der Waals surface area contributed by atoms with Crippen LogP contribution >= 0.6 is 0 Å². The van der Waals surface area contributed by atoms with Crippen molar-refractivity contribution in [3.8, 4) is 22.6 Å². The third-order valence-corrected chi connectivity index (χ3v) is 5.14. The van der Waals surface area contributed by atoms with Crippen LogP contribution in [-0.4, -0.2) is 7.11 Å². The van der Waals surface area contributed by atoms with Gasteiger partial charge in [-0.2, -0.15) is 8.78 Å². The van der Waals surface area contributed by atoms with Crippen molar-refractivity contribution in [2.75, 3.05) is 7.11 Å². The van der Waals surface area contributed by atoms with Gasteiger partial charge in [0.2, 0.25) is 0 Å². The predicted molar refractivity (Wildman–Crippen MR) is 101 cm³/mol. The Morgan fingerprint density at radius 2 is 1.40 bits per heavy atom. The second-order valence-corrected chi connectivity index (χ2v) is 7.07. The zero-order chi connectivity index (χ0) is 21.5. The SMILES string of the molecule is COc1c(F)cc(OC(F)(F)c2ccc(-c3ccc4c(c3)CCC4)cc2F)cc1F. The molecule has 7 heteroatoms. The average Bonchev–Trinajstić information content (AvgIpc) is 3.15. The maximum absolute atomic E-state index is 14.6. The number of fused-ring (bicyclic) bond motifs is 1. The summed E-state index contributed by atoms with van der Waals surface area (Å²) in [5.74, 6) is -5.13. The number of hydrogen-bond acceptors (Lipinski definition) is 2. The first-order valence-electron chi connectivity index (χ1n) is 9.30. The highest BCUT2D eigenvalue weighted by Crippen LogP contribution is 2.37. The molecule has 0 spiro atoms. The zero-order valence-corrected chi connectivity index (χ0v) is 15.9. The van der Waals surface area contributed by atoms with Crippen molar-refractivity contribution < 1.29 is 31.4 Å². The number of halogens is 5. The van der Waals surface area contributed by atoms with Gasteiger partial charge < -0.3 is 9.47 Å². The third kappa shape index (κ3) is 3.72. The van der Waals surface area contributed by atoms with Crippen molar-refractivity contribution in [2.45, 2.75) is 25.4 Å². The van der Waals surface area contributed by atoms with Crippen molar-refractivity contribution in [1.29, 1.82) is 0 Å². The molecule has 0 bridgehead atoms. The van der Waals surface area contributed by atoms with Crippen molar-refractivity contribution in [2.24, 2.45) is 0 Å². The third-order valence-electron chi connectivity index (χ3n) is 5.14. The van der Waals surface area contributed by atoms with Gasteiger partial charge >= 0.3 is 6.11 Å². The second-order valence-electron chi connectivity index (χ2n) is 7.07. The van der Waals surface area contributed by atoms with Crippen LogP contribution in [0.2, 0.25) is 0 Å². The van der Waals surface area contributed by atoms with Crippen molar-refractivity contribution in [3.05, 3.63) is 82.7 Å². The van der Waals surface area contributed by atoms with Crippen LogP contribution in [0.25, 0.3) is 11.1 Å². The smallest absolute Gasteiger partial charge is 0.429 e. The lowest BCUT2D eigenvalue weighted by molar-refractivity contribution is -0.187. The molecule has 3 aromatic rings. The Morgan fingerprint density at radius 3 is 2.07 bits per heavy atom. The zero-order valence-electron chi connectivity index (χ0n) is 15.9. The van der Waals surface area contributed by atoms with E-state index in [4.69, 9.17) is 0 Å². The van der Waals surface area contributed by atoms with E-state index in [1.54, 1.807) is 0 Å². The van der Waals surface area contributed by atoms with Crippen LogP contribution in [0.1, 0.15) is 23.1 Å². The topological polar surface area (TPSA) is 18.5 Å². The van der Waals surface area contributed by atoms with E-state index in [9.17, 15) is 22.0 Å². The fraction of sp³-hybridized carbons (Fsp3) is 0.217. The van der Waals surface area contributed by atoms with E-state index in [1.807, 2.05) is 18.2 Å². The first kappa shape index (κ1) is 20.2. The van der Waals surface area contributed by atoms with Crippen LogP contribution in [0, 0.1) is 17.5 Å². The number of rotatable bonds is 5. The first-order chi connectivity index (χ1) is 14.3. The molecule has 156 valence electrons. The predicted octanol–water partition coefficient (Wildman–Crippen LogP) is 6.40. The highest BCUT2D eigenvalue weighted by Gasteiger charge is 2.38. The number of hydrogen-bond donors (Lipinski definition) is 0. The minimum absolute atomic E-state index is 0.447. The minimum atomic E-state index is -4.14. The van der Waals surface area contributed by atoms with E-state index >= 15 is 0 Å². The molecule has 0 saturated heterocycles. The van der Waals surface area contributed by atoms with Gasteiger partial charge in [0.25, 0.3) is 0 Å². The van der Waals surface area contributed by atoms with Crippen LogP contribution in [-0.2, 0) is 19.0 Å². The number of methoxy groups -OCH3 is 1. The summed E-state index contributed by atoms with van der Waals surface area (Å²) in [6, 6.07) is 10.1. The van der Waals surface area contributed by atoms with E-state index in [2.05, 4.69) is 9.47 Å². The van der Waals surface area contributed by atoms with E-state index in [0.717, 1.165) is 44.1 Å². The molecule has 0 saturated carbocycles. The van der Waals surface area contributed by atoms with Gasteiger partial charge in [-0.05, 0) is 53.6 Å². The molecule has 0 heterocycles. The fourth-order valence-electron chi connectivity index (χ4n) is 3.68. The highest BCUT2D eigenvalue weighted by atomic mass is 19.3. The van der Waals surface area contributed by atoms with E-state index < -0.39 is 40.6 Å². The lowest BCUT2D eigenvalue weighted by atomic mass is 9.99. The summed E-state index contributed by atoms with van der Waals surface area (Å²) in [6.45, 7) is 0. The van der Waals surface area contributed by atoms with Crippen LogP contribution in [0.3, 0.4) is 0 Å². The highest BCUT2D eigenvalue weighted by molar-refractivity contribution is 5.66. The van der Waals surface area contributed by atoms with Gasteiger partial charge in [0.1, 0.15) is 11.6 Å². The fourth-order valence-corrected chi connectivity index (χ4v) is 3.68. The molecule has 4 rings (SSSR count). The van der Waals surface area contributed by atoms with E-state index in [1.165, 1.54) is 17.2 Å². The van der Waals surface area contributed by atoms with Crippen molar-refractivity contribution in [3.63, 3.8) is 0 Å². The van der Waals surface area contributed by atoms with Crippen LogP contribution in [0.5, 0.6) is 11.5 Å². The van der Waals surface area contributed by atoms with Gasteiger partial charge in [-0.25, -0.2) is 13.2 Å². The van der Waals surface area contributed by atoms with Crippen molar-refractivity contribution in [1.82, 2.24) is 0 Å². The maximum atomic E-state index is 14.6.